The van der Waals surface area contributed by atoms with Crippen molar-refractivity contribution in [1.29, 1.82) is 0 Å². The summed E-state index contributed by atoms with van der Waals surface area (Å²) in [6.45, 7) is 5.18. The van der Waals surface area contributed by atoms with Crippen LogP contribution in [0, 0.1) is 0 Å². The molecule has 0 aliphatic carbocycles. The number of hydrogen-bond donors (Lipinski definition) is 2. The first kappa shape index (κ1) is 16.0. The van der Waals surface area contributed by atoms with Crippen molar-refractivity contribution in [2.75, 3.05) is 20.3 Å². The smallest absolute Gasteiger partial charge is 0.128 e. The Morgan fingerprint density at radius 1 is 1.21 bits per heavy atom. The van der Waals surface area contributed by atoms with E-state index >= 15 is 0 Å². The molecule has 0 saturated heterocycles. The number of methoxy groups -OCH3 is 1. The predicted octanol–water partition coefficient (Wildman–Crippen LogP) is 1.83. The van der Waals surface area contributed by atoms with Crippen LogP contribution in [0.5, 0.6) is 5.75 Å². The van der Waals surface area contributed by atoms with Gasteiger partial charge in [0.15, 0.2) is 0 Å². The maximum Gasteiger partial charge on any atom is 0.128 e. The molecule has 1 rings (SSSR count). The van der Waals surface area contributed by atoms with E-state index in [4.69, 9.17) is 9.47 Å². The van der Waals surface area contributed by atoms with Crippen LogP contribution >= 0.6 is 0 Å². The third-order valence-electron chi connectivity index (χ3n) is 2.80. The molecular weight excluding hydrogens is 242 g/mol. The van der Waals surface area contributed by atoms with Crippen molar-refractivity contribution in [1.82, 2.24) is 5.32 Å². The lowest BCUT2D eigenvalue weighted by Crippen LogP contribution is -2.42. The molecule has 1 aromatic rings. The van der Waals surface area contributed by atoms with Gasteiger partial charge in [-0.15, -0.1) is 0 Å². The van der Waals surface area contributed by atoms with Gasteiger partial charge >= 0.3 is 0 Å². The number of aliphatic hydroxyl groups excluding tert-OH is 1. The number of nitrogens with one attached hydrogen (secondary N) is 1. The van der Waals surface area contributed by atoms with E-state index in [0.29, 0.717) is 25.6 Å². The summed E-state index contributed by atoms with van der Waals surface area (Å²) >= 11 is 0. The van der Waals surface area contributed by atoms with Crippen molar-refractivity contribution >= 4 is 0 Å². The molecule has 4 heteroatoms. The Morgan fingerprint density at radius 3 is 2.47 bits per heavy atom. The molecule has 0 fully saturated rings. The van der Waals surface area contributed by atoms with Crippen LogP contribution in [-0.4, -0.2) is 43.6 Å². The summed E-state index contributed by atoms with van der Waals surface area (Å²) in [7, 11) is 1.65. The summed E-state index contributed by atoms with van der Waals surface area (Å²) < 4.78 is 10.9. The van der Waals surface area contributed by atoms with Crippen LogP contribution in [0.1, 0.15) is 20.3 Å². The molecule has 0 bridgehead atoms. The normalized spacial score (nSPS) is 14.4. The van der Waals surface area contributed by atoms with Gasteiger partial charge in [-0.3, -0.25) is 0 Å². The number of hydrogen-bond acceptors (Lipinski definition) is 4. The molecule has 0 aromatic heterocycles. The van der Waals surface area contributed by atoms with Crippen LogP contribution in [-0.2, 0) is 4.74 Å². The quantitative estimate of drug-likeness (QED) is 0.716. The van der Waals surface area contributed by atoms with E-state index in [1.54, 1.807) is 7.11 Å². The zero-order valence-corrected chi connectivity index (χ0v) is 12.0. The minimum Gasteiger partial charge on any atom is -0.488 e. The SMILES string of the molecule is COCCC(Oc1ccccc1)C(O)CNC(C)C. The lowest BCUT2D eigenvalue weighted by Gasteiger charge is -2.25. The van der Waals surface area contributed by atoms with Crippen molar-refractivity contribution in [3.63, 3.8) is 0 Å². The molecule has 2 atom stereocenters. The minimum atomic E-state index is -0.558. The highest BCUT2D eigenvalue weighted by atomic mass is 16.5. The van der Waals surface area contributed by atoms with Gasteiger partial charge in [-0.2, -0.15) is 0 Å². The number of ether oxygens (including phenoxy) is 2. The molecule has 0 radical (unpaired) electrons. The summed E-state index contributed by atoms with van der Waals surface area (Å²) in [4.78, 5) is 0. The number of benzene rings is 1. The molecular formula is C15H25NO3. The molecule has 0 aliphatic heterocycles. The van der Waals surface area contributed by atoms with Gasteiger partial charge in [-0.1, -0.05) is 32.0 Å². The van der Waals surface area contributed by atoms with E-state index in [9.17, 15) is 5.11 Å². The maximum absolute atomic E-state index is 10.2. The molecule has 0 aliphatic rings. The summed E-state index contributed by atoms with van der Waals surface area (Å²) in [5.41, 5.74) is 0. The number of para-hydroxylation sites is 1. The Hall–Kier alpha value is -1.10. The van der Waals surface area contributed by atoms with E-state index in [0.717, 1.165) is 5.75 Å². The molecule has 0 saturated carbocycles. The predicted molar refractivity (Wildman–Crippen MR) is 76.5 cm³/mol. The molecule has 108 valence electrons. The fourth-order valence-electron chi connectivity index (χ4n) is 1.73. The van der Waals surface area contributed by atoms with Gasteiger partial charge in [0, 0.05) is 32.7 Å². The summed E-state index contributed by atoms with van der Waals surface area (Å²) in [6.07, 6.45) is -0.168. The van der Waals surface area contributed by atoms with Crippen LogP contribution in [0.15, 0.2) is 30.3 Å². The molecule has 4 nitrogen and oxygen atoms in total. The highest BCUT2D eigenvalue weighted by molar-refractivity contribution is 5.21. The number of rotatable bonds is 9. The van der Waals surface area contributed by atoms with Crippen LogP contribution < -0.4 is 10.1 Å². The molecule has 0 spiro atoms. The fraction of sp³-hybridized carbons (Fsp3) is 0.600. The van der Waals surface area contributed by atoms with Gasteiger partial charge in [-0.05, 0) is 12.1 Å². The van der Waals surface area contributed by atoms with Gasteiger partial charge in [0.2, 0.25) is 0 Å². The van der Waals surface area contributed by atoms with Crippen molar-refractivity contribution in [3.05, 3.63) is 30.3 Å². The minimum absolute atomic E-state index is 0.270. The van der Waals surface area contributed by atoms with Crippen molar-refractivity contribution in [3.8, 4) is 5.75 Å². The van der Waals surface area contributed by atoms with Gasteiger partial charge < -0.3 is 19.9 Å². The standard InChI is InChI=1S/C15H25NO3/c1-12(2)16-11-14(17)15(9-10-18-3)19-13-7-5-4-6-8-13/h4-8,12,14-17H,9-11H2,1-3H3. The third-order valence-corrected chi connectivity index (χ3v) is 2.80. The van der Waals surface area contributed by atoms with Gasteiger partial charge in [0.05, 0.1) is 0 Å². The zero-order chi connectivity index (χ0) is 14.1. The Bertz CT molecular complexity index is 329. The van der Waals surface area contributed by atoms with E-state index in [2.05, 4.69) is 19.2 Å². The Labute approximate surface area is 115 Å². The van der Waals surface area contributed by atoms with Crippen molar-refractivity contribution in [2.24, 2.45) is 0 Å². The first-order valence-electron chi connectivity index (χ1n) is 6.75. The summed E-state index contributed by atoms with van der Waals surface area (Å²) in [5.74, 6) is 0.771. The first-order chi connectivity index (χ1) is 9.13. The van der Waals surface area contributed by atoms with Crippen molar-refractivity contribution < 1.29 is 14.6 Å². The highest BCUT2D eigenvalue weighted by Gasteiger charge is 2.21. The third kappa shape index (κ3) is 6.57. The lowest BCUT2D eigenvalue weighted by atomic mass is 10.1. The topological polar surface area (TPSA) is 50.7 Å². The Kier molecular flexibility index (Phi) is 7.48. The molecule has 19 heavy (non-hydrogen) atoms. The average molecular weight is 267 g/mol. The van der Waals surface area contributed by atoms with E-state index in [1.807, 2.05) is 30.3 Å². The monoisotopic (exact) mass is 267 g/mol. The van der Waals surface area contributed by atoms with Crippen LogP contribution in [0.4, 0.5) is 0 Å². The van der Waals surface area contributed by atoms with Crippen molar-refractivity contribution in [2.45, 2.75) is 38.5 Å². The van der Waals surface area contributed by atoms with Crippen LogP contribution in [0.2, 0.25) is 0 Å². The molecule has 2 unspecified atom stereocenters. The fourth-order valence-corrected chi connectivity index (χ4v) is 1.73. The zero-order valence-electron chi connectivity index (χ0n) is 12.0. The second-order valence-corrected chi connectivity index (χ2v) is 4.88. The second kappa shape index (κ2) is 8.91. The van der Waals surface area contributed by atoms with E-state index in [-0.39, 0.29) is 6.10 Å². The number of aliphatic hydroxyl groups is 1. The maximum atomic E-state index is 10.2. The Morgan fingerprint density at radius 2 is 1.89 bits per heavy atom. The van der Waals surface area contributed by atoms with Crippen LogP contribution in [0.3, 0.4) is 0 Å². The average Bonchev–Trinajstić information content (AvgIpc) is 2.41. The molecule has 0 amide bonds. The van der Waals surface area contributed by atoms with E-state index in [1.165, 1.54) is 0 Å². The van der Waals surface area contributed by atoms with Gasteiger partial charge in [0.1, 0.15) is 18.0 Å². The second-order valence-electron chi connectivity index (χ2n) is 4.88. The van der Waals surface area contributed by atoms with Crippen LogP contribution in [0.25, 0.3) is 0 Å². The summed E-state index contributed by atoms with van der Waals surface area (Å²) in [6, 6.07) is 9.90. The molecule has 2 N–H and O–H groups in total. The first-order valence-corrected chi connectivity index (χ1v) is 6.75. The Balaban J connectivity index is 2.55. The highest BCUT2D eigenvalue weighted by Crippen LogP contribution is 2.14. The van der Waals surface area contributed by atoms with Gasteiger partial charge in [-0.25, -0.2) is 0 Å². The van der Waals surface area contributed by atoms with Gasteiger partial charge in [0.25, 0.3) is 0 Å². The molecule has 1 aromatic carbocycles. The van der Waals surface area contributed by atoms with E-state index < -0.39 is 6.10 Å². The summed E-state index contributed by atoms with van der Waals surface area (Å²) in [5, 5.41) is 13.4. The molecule has 0 heterocycles. The largest absolute Gasteiger partial charge is 0.488 e. The lowest BCUT2D eigenvalue weighted by molar-refractivity contribution is 0.0162.